The van der Waals surface area contributed by atoms with Gasteiger partial charge in [-0.2, -0.15) is 0 Å². The Balaban J connectivity index is 0.00000256. The summed E-state index contributed by atoms with van der Waals surface area (Å²) < 4.78 is 0. The van der Waals surface area contributed by atoms with Crippen LogP contribution in [-0.2, 0) is 11.2 Å². The van der Waals surface area contributed by atoms with Crippen LogP contribution in [0.5, 0.6) is 0 Å². The molecule has 1 aromatic heterocycles. The molecule has 0 fully saturated rings. The maximum absolute atomic E-state index is 10.8. The zero-order chi connectivity index (χ0) is 12.3. The Morgan fingerprint density at radius 1 is 1.47 bits per heavy atom. The van der Waals surface area contributed by atoms with Gasteiger partial charge in [0, 0.05) is 12.6 Å². The van der Waals surface area contributed by atoms with Crippen molar-refractivity contribution < 1.29 is 19.8 Å². The number of rotatable bonds is 4. The van der Waals surface area contributed by atoms with E-state index in [1.165, 1.54) is 19.2 Å². The molecule has 0 unspecified atom stereocenters. The van der Waals surface area contributed by atoms with Gasteiger partial charge in [-0.25, -0.2) is 9.78 Å². The van der Waals surface area contributed by atoms with Gasteiger partial charge in [0.15, 0.2) is 0 Å². The van der Waals surface area contributed by atoms with E-state index in [1.807, 2.05) is 0 Å². The third-order valence-corrected chi connectivity index (χ3v) is 2.10. The summed E-state index contributed by atoms with van der Waals surface area (Å²) in [7, 11) is 0. The zero-order valence-electron chi connectivity index (χ0n) is 9.38. The molecule has 1 heterocycles. The van der Waals surface area contributed by atoms with Gasteiger partial charge >= 0.3 is 11.9 Å². The first-order valence-corrected chi connectivity index (χ1v) is 4.53. The third-order valence-electron chi connectivity index (χ3n) is 2.10. The summed E-state index contributed by atoms with van der Waals surface area (Å²) >= 11 is 0. The van der Waals surface area contributed by atoms with E-state index in [2.05, 4.69) is 4.98 Å². The SMILES string of the molecule is C[C@](N)(Cc1ccnc(C(=O)O)c1)C(=O)O.N. The molecule has 0 radical (unpaired) electrons. The molecule has 0 saturated carbocycles. The molecule has 0 saturated heterocycles. The number of hydrogen-bond acceptors (Lipinski definition) is 5. The predicted octanol–water partition coefficient (Wildman–Crippen LogP) is 0.286. The molecular formula is C10H15N3O4. The van der Waals surface area contributed by atoms with Crippen molar-refractivity contribution in [3.63, 3.8) is 0 Å². The number of aliphatic carboxylic acids is 1. The second-order valence-corrected chi connectivity index (χ2v) is 3.75. The van der Waals surface area contributed by atoms with E-state index in [0.29, 0.717) is 5.56 Å². The largest absolute Gasteiger partial charge is 0.480 e. The van der Waals surface area contributed by atoms with Gasteiger partial charge in [-0.3, -0.25) is 4.79 Å². The first kappa shape index (κ1) is 15.0. The third kappa shape index (κ3) is 3.82. The number of pyridine rings is 1. The van der Waals surface area contributed by atoms with Crippen LogP contribution in [0.1, 0.15) is 23.0 Å². The number of carboxylic acid groups (broad SMARTS) is 2. The van der Waals surface area contributed by atoms with Crippen LogP contribution in [-0.4, -0.2) is 32.7 Å². The molecule has 0 aromatic carbocycles. The lowest BCUT2D eigenvalue weighted by atomic mass is 9.94. The van der Waals surface area contributed by atoms with E-state index in [0.717, 1.165) is 0 Å². The molecule has 1 rings (SSSR count). The lowest BCUT2D eigenvalue weighted by Gasteiger charge is -2.18. The summed E-state index contributed by atoms with van der Waals surface area (Å²) in [5.41, 5.74) is 4.53. The Labute approximate surface area is 97.9 Å². The van der Waals surface area contributed by atoms with Crippen molar-refractivity contribution in [2.75, 3.05) is 0 Å². The molecule has 1 aromatic rings. The molecule has 7 heteroatoms. The Morgan fingerprint density at radius 3 is 2.53 bits per heavy atom. The first-order valence-electron chi connectivity index (χ1n) is 4.53. The molecule has 7 N–H and O–H groups in total. The first-order chi connectivity index (χ1) is 7.33. The number of carbonyl (C=O) groups is 2. The van der Waals surface area contributed by atoms with Crippen LogP contribution in [0.4, 0.5) is 0 Å². The molecule has 0 bridgehead atoms. The van der Waals surface area contributed by atoms with Crippen molar-refractivity contribution in [2.24, 2.45) is 5.73 Å². The average Bonchev–Trinajstić information content (AvgIpc) is 2.17. The Hall–Kier alpha value is -1.99. The van der Waals surface area contributed by atoms with Crippen molar-refractivity contribution in [3.05, 3.63) is 29.6 Å². The lowest BCUT2D eigenvalue weighted by Crippen LogP contribution is -2.46. The summed E-state index contributed by atoms with van der Waals surface area (Å²) in [6, 6.07) is 2.86. The Kier molecular flexibility index (Phi) is 4.74. The molecule has 0 spiro atoms. The molecule has 1 atom stereocenters. The second kappa shape index (κ2) is 5.37. The van der Waals surface area contributed by atoms with E-state index in [9.17, 15) is 9.59 Å². The van der Waals surface area contributed by atoms with Gasteiger partial charge in [-0.15, -0.1) is 0 Å². The van der Waals surface area contributed by atoms with Crippen LogP contribution < -0.4 is 11.9 Å². The minimum Gasteiger partial charge on any atom is -0.480 e. The van der Waals surface area contributed by atoms with E-state index >= 15 is 0 Å². The van der Waals surface area contributed by atoms with E-state index in [-0.39, 0.29) is 18.3 Å². The summed E-state index contributed by atoms with van der Waals surface area (Å²) in [5.74, 6) is -2.29. The number of nitrogens with zero attached hydrogens (tertiary/aromatic N) is 1. The Bertz CT molecular complexity index is 431. The fraction of sp³-hybridized carbons (Fsp3) is 0.300. The van der Waals surface area contributed by atoms with Gasteiger partial charge in [0.2, 0.25) is 0 Å². The zero-order valence-corrected chi connectivity index (χ0v) is 9.38. The molecular weight excluding hydrogens is 226 g/mol. The highest BCUT2D eigenvalue weighted by atomic mass is 16.4. The fourth-order valence-corrected chi connectivity index (χ4v) is 1.20. The van der Waals surface area contributed by atoms with Crippen LogP contribution >= 0.6 is 0 Å². The van der Waals surface area contributed by atoms with Crippen LogP contribution in [0.15, 0.2) is 18.3 Å². The highest BCUT2D eigenvalue weighted by Crippen LogP contribution is 2.11. The van der Waals surface area contributed by atoms with Crippen LogP contribution in [0, 0.1) is 0 Å². The molecule has 17 heavy (non-hydrogen) atoms. The smallest absolute Gasteiger partial charge is 0.354 e. The van der Waals surface area contributed by atoms with Gasteiger partial charge in [0.1, 0.15) is 11.2 Å². The van der Waals surface area contributed by atoms with Gasteiger partial charge in [0.05, 0.1) is 0 Å². The molecule has 7 nitrogen and oxygen atoms in total. The fourth-order valence-electron chi connectivity index (χ4n) is 1.20. The summed E-state index contributed by atoms with van der Waals surface area (Å²) in [4.78, 5) is 25.1. The number of aromatic nitrogens is 1. The summed E-state index contributed by atoms with van der Waals surface area (Å²) in [6.45, 7) is 1.37. The van der Waals surface area contributed by atoms with E-state index < -0.39 is 17.5 Å². The number of nitrogens with two attached hydrogens (primary N) is 1. The standard InChI is InChI=1S/C10H12N2O4.H3N/c1-10(11,9(15)16)5-6-2-3-12-7(4-6)8(13)14;/h2-4H,5,11H2,1H3,(H,13,14)(H,15,16);1H3/t10-;/m0./s1. The molecule has 94 valence electrons. The highest BCUT2D eigenvalue weighted by molar-refractivity contribution is 5.85. The van der Waals surface area contributed by atoms with Crippen molar-refractivity contribution in [3.8, 4) is 0 Å². The maximum atomic E-state index is 10.8. The summed E-state index contributed by atoms with van der Waals surface area (Å²) in [5, 5.41) is 17.5. The normalized spacial score (nSPS) is 13.3. The summed E-state index contributed by atoms with van der Waals surface area (Å²) in [6.07, 6.45) is 1.36. The second-order valence-electron chi connectivity index (χ2n) is 3.75. The van der Waals surface area contributed by atoms with Gasteiger partial charge in [-0.1, -0.05) is 0 Å². The average molecular weight is 241 g/mol. The van der Waals surface area contributed by atoms with Crippen molar-refractivity contribution in [2.45, 2.75) is 18.9 Å². The topological polar surface area (TPSA) is 149 Å². The highest BCUT2D eigenvalue weighted by Gasteiger charge is 2.28. The molecule has 0 aliphatic heterocycles. The van der Waals surface area contributed by atoms with Crippen molar-refractivity contribution in [1.82, 2.24) is 11.1 Å². The molecule has 0 amide bonds. The number of hydrogen-bond donors (Lipinski definition) is 4. The molecule has 0 aliphatic rings. The molecule has 0 aliphatic carbocycles. The predicted molar refractivity (Wildman–Crippen MR) is 60.2 cm³/mol. The van der Waals surface area contributed by atoms with Gasteiger partial charge in [-0.05, 0) is 24.6 Å². The van der Waals surface area contributed by atoms with Crippen LogP contribution in [0.2, 0.25) is 0 Å². The lowest BCUT2D eigenvalue weighted by molar-refractivity contribution is -0.142. The maximum Gasteiger partial charge on any atom is 0.354 e. The number of aromatic carboxylic acids is 1. The van der Waals surface area contributed by atoms with Crippen LogP contribution in [0.3, 0.4) is 0 Å². The van der Waals surface area contributed by atoms with E-state index in [4.69, 9.17) is 15.9 Å². The van der Waals surface area contributed by atoms with Crippen molar-refractivity contribution in [1.29, 1.82) is 0 Å². The van der Waals surface area contributed by atoms with Crippen LogP contribution in [0.25, 0.3) is 0 Å². The van der Waals surface area contributed by atoms with Crippen molar-refractivity contribution >= 4 is 11.9 Å². The van der Waals surface area contributed by atoms with Gasteiger partial charge in [0.25, 0.3) is 0 Å². The van der Waals surface area contributed by atoms with Gasteiger partial charge < -0.3 is 22.1 Å². The minimum atomic E-state index is -1.42. The van der Waals surface area contributed by atoms with E-state index in [1.54, 1.807) is 6.07 Å². The quantitative estimate of drug-likeness (QED) is 0.591. The minimum absolute atomic E-state index is 0. The number of carboxylic acids is 2. The Morgan fingerprint density at radius 2 is 2.06 bits per heavy atom. The monoisotopic (exact) mass is 241 g/mol.